The van der Waals surface area contributed by atoms with Crippen molar-refractivity contribution >= 4 is 46.4 Å². The van der Waals surface area contributed by atoms with Crippen LogP contribution in [-0.2, 0) is 13.7 Å². The summed E-state index contributed by atoms with van der Waals surface area (Å²) in [5.41, 5.74) is 11.9. The van der Waals surface area contributed by atoms with Crippen LogP contribution in [0.1, 0.15) is 0 Å². The molecule has 0 aliphatic heterocycles. The first-order chi connectivity index (χ1) is 11.3. The molecule has 26 heavy (non-hydrogen) atoms. The third kappa shape index (κ3) is 24.7. The average molecular weight is 444 g/mol. The Balaban J connectivity index is 0. The maximum Gasteiger partial charge on any atom is 0.466 e. The number of H-pyrrole nitrogens is 1. The molecule has 0 amide bonds. The van der Waals surface area contributed by atoms with Crippen LogP contribution in [0.4, 0.5) is 11.8 Å². The molecule has 0 saturated heterocycles. The molecule has 2 rings (SSSR count). The van der Waals surface area contributed by atoms with Gasteiger partial charge in [0.1, 0.15) is 5.52 Å². The van der Waals surface area contributed by atoms with Gasteiger partial charge in [0.05, 0.1) is 6.33 Å². The first-order valence-corrected chi connectivity index (χ1v) is 10.0. The van der Waals surface area contributed by atoms with E-state index in [1.54, 1.807) is 0 Å². The van der Waals surface area contributed by atoms with E-state index in [1.807, 2.05) is 0 Å². The molecule has 152 valence electrons. The minimum Gasteiger partial charge on any atom is -0.382 e. The Labute approximate surface area is 142 Å². The molecule has 0 saturated carbocycles. The predicted molar refractivity (Wildman–Crippen MR) is 83.3 cm³/mol. The van der Waals surface area contributed by atoms with E-state index in [1.165, 1.54) is 6.33 Å². The lowest BCUT2D eigenvalue weighted by Crippen LogP contribution is -1.99. The normalized spacial score (nSPS) is 11.3. The molecule has 18 nitrogen and oxygen atoms in total. The van der Waals surface area contributed by atoms with Gasteiger partial charge in [0.2, 0.25) is 5.95 Å². The topological polar surface area (TPSA) is 340 Å². The van der Waals surface area contributed by atoms with Gasteiger partial charge in [-0.05, 0) is 0 Å². The van der Waals surface area contributed by atoms with E-state index in [2.05, 4.69) is 19.9 Å². The van der Waals surface area contributed by atoms with Crippen LogP contribution in [0.15, 0.2) is 6.33 Å². The lowest BCUT2D eigenvalue weighted by atomic mass is 10.5. The zero-order valence-electron chi connectivity index (χ0n) is 12.2. The van der Waals surface area contributed by atoms with Gasteiger partial charge in [-0.3, -0.25) is 0 Å². The summed E-state index contributed by atoms with van der Waals surface area (Å²) >= 11 is 0. The number of fused-ring (bicyclic) bond motifs is 1. The summed E-state index contributed by atoms with van der Waals surface area (Å²) in [5.74, 6) is 0.452. The van der Waals surface area contributed by atoms with Crippen LogP contribution in [0.5, 0.6) is 0 Å². The van der Waals surface area contributed by atoms with Crippen molar-refractivity contribution in [1.82, 2.24) is 19.9 Å². The molecule has 0 spiro atoms. The molecular weight excluding hydrogens is 429 g/mol. The van der Waals surface area contributed by atoms with Gasteiger partial charge in [0.25, 0.3) is 0 Å². The molecule has 2 aromatic heterocycles. The van der Waals surface area contributed by atoms with E-state index in [4.69, 9.17) is 69.2 Å². The molecule has 2 heterocycles. The first kappa shape index (κ1) is 26.7. The SMILES string of the molecule is Nc1nc(N)c2nc[nH]c2n1.O=P(O)(O)O.O=P(O)(O)O.O=P(O)(O)O. The number of nitrogens with zero attached hydrogens (tertiary/aromatic N) is 3. The van der Waals surface area contributed by atoms with Crippen molar-refractivity contribution in [3.63, 3.8) is 0 Å². The molecule has 2 aromatic rings. The lowest BCUT2D eigenvalue weighted by Gasteiger charge is -1.93. The van der Waals surface area contributed by atoms with E-state index >= 15 is 0 Å². The summed E-state index contributed by atoms with van der Waals surface area (Å²) in [6.45, 7) is 0. The maximum atomic E-state index is 8.88. The smallest absolute Gasteiger partial charge is 0.382 e. The van der Waals surface area contributed by atoms with Crippen LogP contribution in [0, 0.1) is 0 Å². The molecule has 0 atom stereocenters. The molecule has 0 aliphatic rings. The maximum absolute atomic E-state index is 8.88. The zero-order chi connectivity index (χ0) is 21.3. The van der Waals surface area contributed by atoms with Crippen molar-refractivity contribution in [2.75, 3.05) is 11.5 Å². The van der Waals surface area contributed by atoms with Gasteiger partial charge in [-0.25, -0.2) is 18.7 Å². The van der Waals surface area contributed by atoms with E-state index in [-0.39, 0.29) is 5.95 Å². The summed E-state index contributed by atoms with van der Waals surface area (Å²) in [4.78, 5) is 79.0. The highest BCUT2D eigenvalue weighted by Gasteiger charge is 2.03. The number of aromatic nitrogens is 4. The molecule has 14 N–H and O–H groups in total. The highest BCUT2D eigenvalue weighted by molar-refractivity contribution is 7.45. The Bertz CT molecular complexity index is 750. The third-order valence-electron chi connectivity index (χ3n) is 1.32. The van der Waals surface area contributed by atoms with Crippen LogP contribution in [0.25, 0.3) is 11.2 Å². The number of anilines is 2. The fraction of sp³-hybridized carbons (Fsp3) is 0. The Hall–Kier alpha value is -1.52. The van der Waals surface area contributed by atoms with Gasteiger partial charge in [-0.2, -0.15) is 9.97 Å². The van der Waals surface area contributed by atoms with Crippen molar-refractivity contribution in [3.8, 4) is 0 Å². The second kappa shape index (κ2) is 10.6. The van der Waals surface area contributed by atoms with Gasteiger partial charge < -0.3 is 60.5 Å². The van der Waals surface area contributed by atoms with E-state index in [0.717, 1.165) is 0 Å². The summed E-state index contributed by atoms with van der Waals surface area (Å²) in [6.07, 6.45) is 1.50. The van der Waals surface area contributed by atoms with Gasteiger partial charge in [-0.15, -0.1) is 0 Å². The van der Waals surface area contributed by atoms with Crippen LogP contribution >= 0.6 is 23.5 Å². The molecule has 21 heteroatoms. The Morgan fingerprint density at radius 2 is 1.12 bits per heavy atom. The van der Waals surface area contributed by atoms with Crippen molar-refractivity contribution in [2.24, 2.45) is 0 Å². The average Bonchev–Trinajstić information content (AvgIpc) is 2.69. The van der Waals surface area contributed by atoms with Gasteiger partial charge in [-0.1, -0.05) is 0 Å². The number of hydrogen-bond acceptors (Lipinski definition) is 8. The van der Waals surface area contributed by atoms with Gasteiger partial charge >= 0.3 is 23.5 Å². The number of aromatic amines is 1. The molecular formula is C5H15N6O12P3. The molecule has 0 bridgehead atoms. The number of nitrogens with one attached hydrogen (secondary N) is 1. The largest absolute Gasteiger partial charge is 0.466 e. The lowest BCUT2D eigenvalue weighted by molar-refractivity contribution is 0.272. The Kier molecular flexibility index (Phi) is 10.9. The van der Waals surface area contributed by atoms with E-state index in [9.17, 15) is 0 Å². The number of phosphoric acid groups is 3. The molecule has 0 fully saturated rings. The highest BCUT2D eigenvalue weighted by Crippen LogP contribution is 2.26. The van der Waals surface area contributed by atoms with E-state index < -0.39 is 23.5 Å². The number of hydrogen-bond donors (Lipinski definition) is 12. The molecule has 0 aliphatic carbocycles. The Morgan fingerprint density at radius 1 is 0.769 bits per heavy atom. The standard InChI is InChI=1S/C5H6N6.3H3O4P/c6-3-2-4(9-1-8-2)11-5(7)10-3;3*1-5(2,3)4/h1H,(H5,6,7,8,9,10,11);3*(H3,1,2,3,4). The van der Waals surface area contributed by atoms with Gasteiger partial charge in [0, 0.05) is 0 Å². The third-order valence-corrected chi connectivity index (χ3v) is 1.32. The van der Waals surface area contributed by atoms with Crippen molar-refractivity contribution in [2.45, 2.75) is 0 Å². The first-order valence-electron chi connectivity index (χ1n) is 5.34. The molecule has 0 radical (unpaired) electrons. The number of nitrogen functional groups attached to an aromatic ring is 2. The predicted octanol–water partition coefficient (Wildman–Crippen LogP) is -3.27. The molecule has 0 unspecified atom stereocenters. The number of nitrogens with two attached hydrogens (primary N) is 2. The van der Waals surface area contributed by atoms with Crippen LogP contribution in [-0.4, -0.2) is 64.0 Å². The summed E-state index contributed by atoms with van der Waals surface area (Å²) in [5, 5.41) is 0. The minimum absolute atomic E-state index is 0.152. The fourth-order valence-corrected chi connectivity index (χ4v) is 0.876. The van der Waals surface area contributed by atoms with Gasteiger partial charge in [0.15, 0.2) is 11.5 Å². The summed E-state index contributed by atoms with van der Waals surface area (Å²) in [6, 6.07) is 0. The van der Waals surface area contributed by atoms with Crippen molar-refractivity contribution in [1.29, 1.82) is 0 Å². The summed E-state index contributed by atoms with van der Waals surface area (Å²) < 4.78 is 26.6. The zero-order valence-corrected chi connectivity index (χ0v) is 14.8. The summed E-state index contributed by atoms with van der Waals surface area (Å²) in [7, 11) is -13.9. The number of imidazole rings is 1. The van der Waals surface area contributed by atoms with Crippen molar-refractivity contribution in [3.05, 3.63) is 6.33 Å². The van der Waals surface area contributed by atoms with Crippen molar-refractivity contribution < 1.29 is 57.7 Å². The van der Waals surface area contributed by atoms with Crippen LogP contribution in [0.2, 0.25) is 0 Å². The quantitative estimate of drug-likeness (QED) is 0.177. The van der Waals surface area contributed by atoms with E-state index in [0.29, 0.717) is 17.0 Å². The van der Waals surface area contributed by atoms with Crippen LogP contribution in [0.3, 0.4) is 0 Å². The second-order valence-electron chi connectivity index (χ2n) is 3.61. The highest BCUT2D eigenvalue weighted by atomic mass is 31.2. The number of rotatable bonds is 0. The Morgan fingerprint density at radius 3 is 1.46 bits per heavy atom. The molecule has 0 aromatic carbocycles. The fourth-order valence-electron chi connectivity index (χ4n) is 0.876. The monoisotopic (exact) mass is 444 g/mol. The van der Waals surface area contributed by atoms with Crippen LogP contribution < -0.4 is 11.5 Å². The second-order valence-corrected chi connectivity index (χ2v) is 6.69. The minimum atomic E-state index is -4.64.